The molecule has 1 aliphatic rings. The highest BCUT2D eigenvalue weighted by atomic mass is 28.3. The highest BCUT2D eigenvalue weighted by molar-refractivity contribution is 6.60. The van der Waals surface area contributed by atoms with Gasteiger partial charge in [-0.05, 0) is 50.5 Å². The molecular weight excluding hydrogens is 416 g/mol. The third-order valence-corrected chi connectivity index (χ3v) is 8.21. The van der Waals surface area contributed by atoms with Crippen LogP contribution in [0.3, 0.4) is 0 Å². The van der Waals surface area contributed by atoms with E-state index in [0.717, 1.165) is 42.1 Å². The van der Waals surface area contributed by atoms with Gasteiger partial charge >= 0.3 is 0 Å². The van der Waals surface area contributed by atoms with Gasteiger partial charge in [0.25, 0.3) is 0 Å². The Hall–Kier alpha value is -2.52. The summed E-state index contributed by atoms with van der Waals surface area (Å²) >= 11 is 0. The SMILES string of the molecule is CC(=O)C1C(=NN(c2ccccc2)[SiH](C)C)CCCC1=NN(c1ccccc1)[SiH](C)C. The molecule has 0 unspecified atom stereocenters. The van der Waals surface area contributed by atoms with Crippen LogP contribution in [0.5, 0.6) is 0 Å². The Balaban J connectivity index is 2.00. The van der Waals surface area contributed by atoms with Crippen molar-refractivity contribution < 1.29 is 4.79 Å². The van der Waals surface area contributed by atoms with Gasteiger partial charge in [0.05, 0.1) is 17.3 Å². The number of Topliss-reactive ketones (excluding diaryl/α,β-unsaturated/α-hetero) is 1. The maximum atomic E-state index is 12.8. The van der Waals surface area contributed by atoms with E-state index in [-0.39, 0.29) is 11.7 Å². The minimum Gasteiger partial charge on any atom is -0.299 e. The molecule has 0 amide bonds. The lowest BCUT2D eigenvalue weighted by molar-refractivity contribution is -0.117. The molecule has 2 aromatic carbocycles. The fraction of sp³-hybridized carbons (Fsp3) is 0.375. The van der Waals surface area contributed by atoms with Crippen molar-refractivity contribution in [3.05, 3.63) is 60.7 Å². The van der Waals surface area contributed by atoms with Crippen LogP contribution in [0.25, 0.3) is 0 Å². The van der Waals surface area contributed by atoms with Crippen molar-refractivity contribution in [1.82, 2.24) is 0 Å². The molecule has 0 N–H and O–H groups in total. The number of ketones is 1. The van der Waals surface area contributed by atoms with Crippen LogP contribution in [-0.2, 0) is 4.79 Å². The van der Waals surface area contributed by atoms with Crippen molar-refractivity contribution in [1.29, 1.82) is 0 Å². The Kier molecular flexibility index (Phi) is 7.98. The van der Waals surface area contributed by atoms with Crippen molar-refractivity contribution >= 4 is 46.5 Å². The van der Waals surface area contributed by atoms with Gasteiger partial charge in [0, 0.05) is 11.4 Å². The molecule has 7 heteroatoms. The van der Waals surface area contributed by atoms with Crippen LogP contribution in [-0.4, -0.2) is 35.1 Å². The van der Waals surface area contributed by atoms with Gasteiger partial charge in [-0.25, -0.2) is 0 Å². The molecule has 164 valence electrons. The monoisotopic (exact) mass is 450 g/mol. The van der Waals surface area contributed by atoms with E-state index in [4.69, 9.17) is 10.2 Å². The van der Waals surface area contributed by atoms with Crippen molar-refractivity contribution in [2.24, 2.45) is 16.1 Å². The zero-order chi connectivity index (χ0) is 22.4. The second kappa shape index (κ2) is 10.7. The molecule has 1 saturated carbocycles. The summed E-state index contributed by atoms with van der Waals surface area (Å²) in [6.07, 6.45) is 2.67. The number of hydrogen-bond acceptors (Lipinski definition) is 5. The quantitative estimate of drug-likeness (QED) is 0.437. The molecule has 0 bridgehead atoms. The third-order valence-electron chi connectivity index (χ3n) is 5.43. The predicted octanol–water partition coefficient (Wildman–Crippen LogP) is 5.07. The molecule has 3 rings (SSSR count). The van der Waals surface area contributed by atoms with E-state index < -0.39 is 17.9 Å². The topological polar surface area (TPSA) is 48.3 Å². The first-order chi connectivity index (χ1) is 14.9. The second-order valence-corrected chi connectivity index (χ2v) is 14.0. The Labute approximate surface area is 189 Å². The maximum Gasteiger partial charge on any atom is 0.164 e. The molecular formula is C24H34N4OSi2. The zero-order valence-corrected chi connectivity index (χ0v) is 21.6. The summed E-state index contributed by atoms with van der Waals surface area (Å²) in [6.45, 7) is 10.7. The van der Waals surface area contributed by atoms with Crippen LogP contribution < -0.4 is 9.35 Å². The summed E-state index contributed by atoms with van der Waals surface area (Å²) in [7, 11) is -2.53. The molecule has 0 aromatic heterocycles. The minimum absolute atomic E-state index is 0.133. The molecule has 0 heterocycles. The smallest absolute Gasteiger partial charge is 0.164 e. The van der Waals surface area contributed by atoms with Crippen molar-refractivity contribution in [3.63, 3.8) is 0 Å². The lowest BCUT2D eigenvalue weighted by Gasteiger charge is -2.31. The molecule has 5 nitrogen and oxygen atoms in total. The van der Waals surface area contributed by atoms with E-state index >= 15 is 0 Å². The van der Waals surface area contributed by atoms with Gasteiger partial charge in [0.1, 0.15) is 5.78 Å². The van der Waals surface area contributed by atoms with Crippen LogP contribution in [0, 0.1) is 5.92 Å². The number of hydrazone groups is 2. The first kappa shape index (κ1) is 23.2. The molecule has 1 aliphatic carbocycles. The fourth-order valence-corrected chi connectivity index (χ4v) is 6.29. The number of benzene rings is 2. The molecule has 2 aromatic rings. The van der Waals surface area contributed by atoms with Gasteiger partial charge in [-0.1, -0.05) is 62.6 Å². The van der Waals surface area contributed by atoms with Crippen molar-refractivity contribution in [3.8, 4) is 0 Å². The lowest BCUT2D eigenvalue weighted by Crippen LogP contribution is -2.40. The molecule has 1 fully saturated rings. The van der Waals surface area contributed by atoms with Crippen molar-refractivity contribution in [2.45, 2.75) is 52.4 Å². The maximum absolute atomic E-state index is 12.8. The van der Waals surface area contributed by atoms with Gasteiger partial charge in [0.2, 0.25) is 0 Å². The van der Waals surface area contributed by atoms with Gasteiger partial charge in [-0.3, -0.25) is 14.1 Å². The van der Waals surface area contributed by atoms with Gasteiger partial charge in [0.15, 0.2) is 17.9 Å². The fourth-order valence-electron chi connectivity index (χ4n) is 4.00. The van der Waals surface area contributed by atoms with Crippen molar-refractivity contribution in [2.75, 3.05) is 9.35 Å². The Morgan fingerprint density at radius 3 is 1.48 bits per heavy atom. The van der Waals surface area contributed by atoms with Gasteiger partial charge < -0.3 is 0 Å². The standard InChI is InChI=1S/C24H34N4OSi2/c1-19(29)24-22(25-27(30(2)3)20-13-8-6-9-14-20)17-12-18-23(24)26-28(31(4)5)21-15-10-7-11-16-21/h6-11,13-16,24,30-31H,12,17-18H2,1-5H3. The highest BCUT2D eigenvalue weighted by Crippen LogP contribution is 2.26. The van der Waals surface area contributed by atoms with Gasteiger partial charge in [-0.2, -0.15) is 10.2 Å². The number of nitrogens with zero attached hydrogens (tertiary/aromatic N) is 4. The molecule has 0 spiro atoms. The Morgan fingerprint density at radius 2 is 1.16 bits per heavy atom. The second-order valence-electron chi connectivity index (χ2n) is 8.63. The average Bonchev–Trinajstić information content (AvgIpc) is 2.76. The third kappa shape index (κ3) is 5.80. The number of anilines is 2. The highest BCUT2D eigenvalue weighted by Gasteiger charge is 2.32. The van der Waals surface area contributed by atoms with Crippen LogP contribution in [0.15, 0.2) is 70.9 Å². The average molecular weight is 451 g/mol. The van der Waals surface area contributed by atoms with E-state index in [1.165, 1.54) is 0 Å². The first-order valence-electron chi connectivity index (χ1n) is 11.2. The van der Waals surface area contributed by atoms with Crippen LogP contribution in [0.4, 0.5) is 11.4 Å². The predicted molar refractivity (Wildman–Crippen MR) is 138 cm³/mol. The number of carbonyl (C=O) groups is 1. The van der Waals surface area contributed by atoms with Crippen LogP contribution in [0.1, 0.15) is 26.2 Å². The minimum atomic E-state index is -1.26. The number of para-hydroxylation sites is 2. The van der Waals surface area contributed by atoms with E-state index in [9.17, 15) is 4.79 Å². The summed E-state index contributed by atoms with van der Waals surface area (Å²) in [5, 5.41) is 10.2. The molecule has 0 radical (unpaired) electrons. The number of carbonyl (C=O) groups excluding carboxylic acids is 1. The van der Waals surface area contributed by atoms with E-state index in [2.05, 4.69) is 59.8 Å². The normalized spacial score (nSPS) is 19.3. The summed E-state index contributed by atoms with van der Waals surface area (Å²) in [5.74, 6) is -0.194. The summed E-state index contributed by atoms with van der Waals surface area (Å²) in [4.78, 5) is 12.8. The Morgan fingerprint density at radius 1 is 0.774 bits per heavy atom. The van der Waals surface area contributed by atoms with E-state index in [1.807, 2.05) is 36.4 Å². The van der Waals surface area contributed by atoms with E-state index in [0.29, 0.717) is 0 Å². The summed E-state index contributed by atoms with van der Waals surface area (Å²) in [6, 6.07) is 20.6. The zero-order valence-electron chi connectivity index (χ0n) is 19.3. The Bertz CT molecular complexity index is 860. The molecule has 0 saturated heterocycles. The molecule has 0 aliphatic heterocycles. The lowest BCUT2D eigenvalue weighted by atomic mass is 9.83. The number of hydrogen-bond donors (Lipinski definition) is 0. The number of rotatable bonds is 7. The van der Waals surface area contributed by atoms with Crippen LogP contribution in [0.2, 0.25) is 26.2 Å². The van der Waals surface area contributed by atoms with Gasteiger partial charge in [-0.15, -0.1) is 0 Å². The summed E-state index contributed by atoms with van der Waals surface area (Å²) < 4.78 is 4.33. The molecule has 31 heavy (non-hydrogen) atoms. The van der Waals surface area contributed by atoms with E-state index in [1.54, 1.807) is 6.92 Å². The summed E-state index contributed by atoms with van der Waals surface area (Å²) in [5.41, 5.74) is 4.12. The van der Waals surface area contributed by atoms with Crippen LogP contribution >= 0.6 is 0 Å². The first-order valence-corrected chi connectivity index (χ1v) is 16.9. The largest absolute Gasteiger partial charge is 0.299 e. The molecule has 0 atom stereocenters.